The molecule has 0 spiro atoms. The molecule has 0 saturated carbocycles. The van der Waals surface area contributed by atoms with Gasteiger partial charge < -0.3 is 5.11 Å². The van der Waals surface area contributed by atoms with Gasteiger partial charge in [-0.15, -0.1) is 0 Å². The minimum Gasteiger partial charge on any atom is -0.389 e. The van der Waals surface area contributed by atoms with Crippen LogP contribution < -0.4 is 0 Å². The normalized spacial score (nSPS) is 13.1. The van der Waals surface area contributed by atoms with Crippen LogP contribution in [0.15, 0.2) is 30.6 Å². The predicted molar refractivity (Wildman–Crippen MR) is 57.1 cm³/mol. The van der Waals surface area contributed by atoms with Crippen molar-refractivity contribution in [2.75, 3.05) is 0 Å². The summed E-state index contributed by atoms with van der Waals surface area (Å²) in [5, 5.41) is 11.9. The average molecular weight is 187 g/mol. The van der Waals surface area contributed by atoms with Gasteiger partial charge in [0.15, 0.2) is 0 Å². The molecule has 1 aromatic heterocycles. The lowest BCUT2D eigenvalue weighted by atomic mass is 9.98. The smallest absolute Gasteiger partial charge is 0.0770 e. The Hall–Kier alpha value is -1.41. The number of benzene rings is 1. The molecule has 0 aliphatic carbocycles. The fraction of sp³-hybridized carbons (Fsp3) is 0.250. The number of aliphatic hydroxyl groups is 1. The second kappa shape index (κ2) is 3.39. The average Bonchev–Trinajstić information content (AvgIpc) is 2.17. The number of fused-ring (bicyclic) bond motifs is 1. The molecule has 14 heavy (non-hydrogen) atoms. The van der Waals surface area contributed by atoms with Crippen molar-refractivity contribution in [2.45, 2.75) is 20.0 Å². The van der Waals surface area contributed by atoms with Gasteiger partial charge in [0.2, 0.25) is 0 Å². The highest BCUT2D eigenvalue weighted by atomic mass is 16.3. The van der Waals surface area contributed by atoms with Crippen LogP contribution in [0.5, 0.6) is 0 Å². The van der Waals surface area contributed by atoms with E-state index in [4.69, 9.17) is 0 Å². The third-order valence-corrected chi connectivity index (χ3v) is 2.50. The summed E-state index contributed by atoms with van der Waals surface area (Å²) in [6, 6.07) is 6.00. The van der Waals surface area contributed by atoms with Crippen molar-refractivity contribution in [2.24, 2.45) is 0 Å². The minimum absolute atomic E-state index is 0.430. The van der Waals surface area contributed by atoms with Gasteiger partial charge in [0.1, 0.15) is 0 Å². The van der Waals surface area contributed by atoms with Gasteiger partial charge in [0.05, 0.1) is 6.10 Å². The summed E-state index contributed by atoms with van der Waals surface area (Å²) in [5.74, 6) is 0. The lowest BCUT2D eigenvalue weighted by Gasteiger charge is -2.12. The fourth-order valence-electron chi connectivity index (χ4n) is 1.86. The molecule has 2 aromatic rings. The van der Waals surface area contributed by atoms with Crippen LogP contribution in [-0.4, -0.2) is 10.1 Å². The Bertz CT molecular complexity index is 463. The summed E-state index contributed by atoms with van der Waals surface area (Å²) >= 11 is 0. The zero-order valence-corrected chi connectivity index (χ0v) is 8.36. The molecule has 0 amide bonds. The first-order valence-electron chi connectivity index (χ1n) is 4.71. The highest BCUT2D eigenvalue weighted by Gasteiger charge is 2.08. The predicted octanol–water partition coefficient (Wildman–Crippen LogP) is 2.60. The fourth-order valence-corrected chi connectivity index (χ4v) is 1.86. The largest absolute Gasteiger partial charge is 0.389 e. The molecule has 0 radical (unpaired) electrons. The van der Waals surface area contributed by atoms with E-state index in [-0.39, 0.29) is 0 Å². The number of aromatic nitrogens is 1. The van der Waals surface area contributed by atoms with Crippen LogP contribution in [-0.2, 0) is 0 Å². The Morgan fingerprint density at radius 1 is 1.29 bits per heavy atom. The molecule has 2 heteroatoms. The van der Waals surface area contributed by atoms with Crippen molar-refractivity contribution in [3.8, 4) is 0 Å². The van der Waals surface area contributed by atoms with E-state index in [1.165, 1.54) is 0 Å². The number of rotatable bonds is 1. The van der Waals surface area contributed by atoms with E-state index in [9.17, 15) is 5.11 Å². The van der Waals surface area contributed by atoms with Gasteiger partial charge in [0, 0.05) is 17.8 Å². The van der Waals surface area contributed by atoms with Gasteiger partial charge in [-0.1, -0.05) is 12.1 Å². The third-order valence-electron chi connectivity index (χ3n) is 2.50. The van der Waals surface area contributed by atoms with Gasteiger partial charge in [-0.2, -0.15) is 0 Å². The molecule has 0 aliphatic rings. The van der Waals surface area contributed by atoms with Crippen LogP contribution in [0.4, 0.5) is 0 Å². The lowest BCUT2D eigenvalue weighted by molar-refractivity contribution is 0.200. The molecular weight excluding hydrogens is 174 g/mol. The Labute approximate surface area is 83.2 Å². The first kappa shape index (κ1) is 9.16. The Morgan fingerprint density at radius 3 is 2.79 bits per heavy atom. The van der Waals surface area contributed by atoms with E-state index < -0.39 is 6.10 Å². The molecule has 0 aliphatic heterocycles. The van der Waals surface area contributed by atoms with Gasteiger partial charge in [-0.25, -0.2) is 0 Å². The molecular formula is C12H13NO. The highest BCUT2D eigenvalue weighted by Crippen LogP contribution is 2.26. The second-order valence-corrected chi connectivity index (χ2v) is 3.57. The molecule has 72 valence electrons. The standard InChI is InChI=1S/C12H13NO/c1-8-3-4-10-7-13-6-5-11(10)12(8)9(2)14/h3-7,9,14H,1-2H3. The molecule has 1 unspecified atom stereocenters. The zero-order chi connectivity index (χ0) is 10.1. The summed E-state index contributed by atoms with van der Waals surface area (Å²) in [6.07, 6.45) is 3.15. The topological polar surface area (TPSA) is 33.1 Å². The molecule has 0 saturated heterocycles. The van der Waals surface area contributed by atoms with Gasteiger partial charge >= 0.3 is 0 Å². The van der Waals surface area contributed by atoms with E-state index >= 15 is 0 Å². The SMILES string of the molecule is Cc1ccc2cnccc2c1C(C)O. The van der Waals surface area contributed by atoms with Crippen LogP contribution in [0.1, 0.15) is 24.2 Å². The number of pyridine rings is 1. The van der Waals surface area contributed by atoms with E-state index in [1.807, 2.05) is 31.3 Å². The van der Waals surface area contributed by atoms with Crippen molar-refractivity contribution >= 4 is 10.8 Å². The molecule has 1 N–H and O–H groups in total. The molecule has 1 aromatic carbocycles. The molecule has 0 bridgehead atoms. The van der Waals surface area contributed by atoms with Gasteiger partial charge in [-0.05, 0) is 36.4 Å². The maximum Gasteiger partial charge on any atom is 0.0770 e. The summed E-state index contributed by atoms with van der Waals surface area (Å²) < 4.78 is 0. The van der Waals surface area contributed by atoms with Crippen molar-refractivity contribution in [3.63, 3.8) is 0 Å². The minimum atomic E-state index is -0.430. The number of aliphatic hydroxyl groups excluding tert-OH is 1. The van der Waals surface area contributed by atoms with Crippen molar-refractivity contribution in [1.82, 2.24) is 4.98 Å². The van der Waals surface area contributed by atoms with E-state index in [0.29, 0.717) is 0 Å². The van der Waals surface area contributed by atoms with Crippen molar-refractivity contribution in [3.05, 3.63) is 41.7 Å². The number of hydrogen-bond donors (Lipinski definition) is 1. The summed E-state index contributed by atoms with van der Waals surface area (Å²) in [6.45, 7) is 3.81. The van der Waals surface area contributed by atoms with E-state index in [1.54, 1.807) is 13.1 Å². The second-order valence-electron chi connectivity index (χ2n) is 3.57. The first-order valence-corrected chi connectivity index (χ1v) is 4.71. The number of aryl methyl sites for hydroxylation is 1. The van der Waals surface area contributed by atoms with Gasteiger partial charge in [0.25, 0.3) is 0 Å². The number of nitrogens with zero attached hydrogens (tertiary/aromatic N) is 1. The Morgan fingerprint density at radius 2 is 2.07 bits per heavy atom. The Kier molecular flexibility index (Phi) is 2.22. The highest BCUT2D eigenvalue weighted by molar-refractivity contribution is 5.86. The molecule has 0 fully saturated rings. The lowest BCUT2D eigenvalue weighted by Crippen LogP contribution is -1.96. The van der Waals surface area contributed by atoms with Crippen molar-refractivity contribution < 1.29 is 5.11 Å². The maximum atomic E-state index is 9.68. The Balaban J connectivity index is 2.83. The summed E-state index contributed by atoms with van der Waals surface area (Å²) in [4.78, 5) is 4.06. The van der Waals surface area contributed by atoms with Crippen molar-refractivity contribution in [1.29, 1.82) is 0 Å². The van der Waals surface area contributed by atoms with Crippen LogP contribution in [0.25, 0.3) is 10.8 Å². The molecule has 2 rings (SSSR count). The summed E-state index contributed by atoms with van der Waals surface area (Å²) in [7, 11) is 0. The first-order chi connectivity index (χ1) is 6.70. The third kappa shape index (κ3) is 1.38. The summed E-state index contributed by atoms with van der Waals surface area (Å²) in [5.41, 5.74) is 2.13. The van der Waals surface area contributed by atoms with Crippen LogP contribution in [0.2, 0.25) is 0 Å². The quantitative estimate of drug-likeness (QED) is 0.744. The van der Waals surface area contributed by atoms with Crippen LogP contribution in [0, 0.1) is 6.92 Å². The molecule has 2 nitrogen and oxygen atoms in total. The molecule has 1 atom stereocenters. The van der Waals surface area contributed by atoms with Crippen LogP contribution in [0.3, 0.4) is 0 Å². The van der Waals surface area contributed by atoms with E-state index in [0.717, 1.165) is 21.9 Å². The van der Waals surface area contributed by atoms with Crippen LogP contribution >= 0.6 is 0 Å². The van der Waals surface area contributed by atoms with Gasteiger partial charge in [-0.3, -0.25) is 4.98 Å². The maximum absolute atomic E-state index is 9.68. The molecule has 1 heterocycles. The number of hydrogen-bond acceptors (Lipinski definition) is 2. The monoisotopic (exact) mass is 187 g/mol. The van der Waals surface area contributed by atoms with E-state index in [2.05, 4.69) is 4.98 Å². The zero-order valence-electron chi connectivity index (χ0n) is 8.36.